The number of carbonyl (C=O) groups excluding carboxylic acids is 1. The third-order valence-corrected chi connectivity index (χ3v) is 7.13. The fourth-order valence-electron chi connectivity index (χ4n) is 5.51. The van der Waals surface area contributed by atoms with Gasteiger partial charge in [0.15, 0.2) is 0 Å². The summed E-state index contributed by atoms with van der Waals surface area (Å²) in [4.78, 5) is 17.3. The first kappa shape index (κ1) is 22.7. The van der Waals surface area contributed by atoms with Crippen LogP contribution in [0.5, 0.6) is 0 Å². The third-order valence-electron chi connectivity index (χ3n) is 7.13. The molecule has 3 heterocycles. The molecule has 1 aromatic rings. The molecule has 2 bridgehead atoms. The van der Waals surface area contributed by atoms with Crippen LogP contribution in [0.25, 0.3) is 0 Å². The summed E-state index contributed by atoms with van der Waals surface area (Å²) in [6.45, 7) is 10.1. The Labute approximate surface area is 187 Å². The summed E-state index contributed by atoms with van der Waals surface area (Å²) in [6, 6.07) is 11.4. The highest BCUT2D eigenvalue weighted by Crippen LogP contribution is 2.31. The number of hydrogen-bond donors (Lipinski definition) is 2. The van der Waals surface area contributed by atoms with Gasteiger partial charge in [0.05, 0.1) is 13.2 Å². The zero-order valence-corrected chi connectivity index (χ0v) is 18.9. The third kappa shape index (κ3) is 7.28. The second-order valence-electron chi connectivity index (χ2n) is 9.61. The summed E-state index contributed by atoms with van der Waals surface area (Å²) < 4.78 is 5.38. The summed E-state index contributed by atoms with van der Waals surface area (Å²) >= 11 is 0. The zero-order chi connectivity index (χ0) is 21.3. The molecule has 0 aromatic heterocycles. The quantitative estimate of drug-likeness (QED) is 0.559. The van der Waals surface area contributed by atoms with Crippen molar-refractivity contribution in [2.24, 2.45) is 11.8 Å². The van der Waals surface area contributed by atoms with Gasteiger partial charge in [0.25, 0.3) is 0 Å². The van der Waals surface area contributed by atoms with Crippen molar-refractivity contribution in [3.05, 3.63) is 35.9 Å². The Morgan fingerprint density at radius 3 is 2.77 bits per heavy atom. The van der Waals surface area contributed by atoms with Gasteiger partial charge in [-0.05, 0) is 56.2 Å². The van der Waals surface area contributed by atoms with Gasteiger partial charge >= 0.3 is 0 Å². The van der Waals surface area contributed by atoms with Gasteiger partial charge < -0.3 is 15.4 Å². The first-order valence-corrected chi connectivity index (χ1v) is 12.3. The number of ether oxygens (including phenoxy) is 1. The zero-order valence-electron chi connectivity index (χ0n) is 18.9. The molecule has 3 aliphatic heterocycles. The molecule has 4 rings (SSSR count). The van der Waals surface area contributed by atoms with E-state index in [1.54, 1.807) is 0 Å². The molecule has 6 nitrogen and oxygen atoms in total. The fourth-order valence-corrected chi connectivity index (χ4v) is 5.51. The number of piperidine rings is 2. The Balaban J connectivity index is 1.11. The number of likely N-dealkylation sites (tertiary alicyclic amines) is 1. The van der Waals surface area contributed by atoms with Gasteiger partial charge in [-0.1, -0.05) is 30.3 Å². The molecule has 2 N–H and O–H groups in total. The lowest BCUT2D eigenvalue weighted by Crippen LogP contribution is -2.55. The molecule has 3 fully saturated rings. The second-order valence-corrected chi connectivity index (χ2v) is 9.61. The van der Waals surface area contributed by atoms with Crippen LogP contribution < -0.4 is 10.6 Å². The molecule has 0 radical (unpaired) electrons. The Hall–Kier alpha value is -1.47. The molecule has 0 unspecified atom stereocenters. The maximum atomic E-state index is 12.2. The summed E-state index contributed by atoms with van der Waals surface area (Å²) in [7, 11) is 0. The lowest BCUT2D eigenvalue weighted by atomic mass is 9.79. The molecule has 0 aliphatic carbocycles. The maximum Gasteiger partial charge on any atom is 0.219 e. The van der Waals surface area contributed by atoms with Gasteiger partial charge in [-0.2, -0.15) is 0 Å². The fraction of sp³-hybridized carbons (Fsp3) is 0.720. The lowest BCUT2D eigenvalue weighted by Gasteiger charge is -2.46. The van der Waals surface area contributed by atoms with E-state index in [0.717, 1.165) is 77.7 Å². The molecule has 3 saturated heterocycles. The Morgan fingerprint density at radius 2 is 1.94 bits per heavy atom. The predicted molar refractivity (Wildman–Crippen MR) is 124 cm³/mol. The molecular weight excluding hydrogens is 388 g/mol. The van der Waals surface area contributed by atoms with Gasteiger partial charge in [-0.3, -0.25) is 14.6 Å². The van der Waals surface area contributed by atoms with Crippen LogP contribution in [0.3, 0.4) is 0 Å². The van der Waals surface area contributed by atoms with Gasteiger partial charge in [-0.15, -0.1) is 0 Å². The van der Waals surface area contributed by atoms with Crippen molar-refractivity contribution in [3.8, 4) is 0 Å². The summed E-state index contributed by atoms with van der Waals surface area (Å²) in [6.07, 6.45) is 5.11. The number of hydrogen-bond acceptors (Lipinski definition) is 5. The number of nitrogens with zero attached hydrogens (tertiary/aromatic N) is 2. The molecular formula is C25H40N4O2. The summed E-state index contributed by atoms with van der Waals surface area (Å²) in [5.74, 6) is 1.70. The van der Waals surface area contributed by atoms with Gasteiger partial charge in [0.1, 0.15) is 0 Å². The van der Waals surface area contributed by atoms with Crippen LogP contribution in [0.15, 0.2) is 30.3 Å². The van der Waals surface area contributed by atoms with Gasteiger partial charge in [-0.25, -0.2) is 0 Å². The number of benzene rings is 1. The smallest absolute Gasteiger partial charge is 0.219 e. The van der Waals surface area contributed by atoms with Crippen LogP contribution in [0.1, 0.15) is 37.7 Å². The maximum absolute atomic E-state index is 12.2. The summed E-state index contributed by atoms with van der Waals surface area (Å²) in [5.41, 5.74) is 1.41. The van der Waals surface area contributed by atoms with Crippen molar-refractivity contribution in [2.45, 2.75) is 44.7 Å². The molecule has 0 saturated carbocycles. The van der Waals surface area contributed by atoms with E-state index in [2.05, 4.69) is 50.8 Å². The molecule has 0 spiro atoms. The minimum absolute atomic E-state index is 0.213. The van der Waals surface area contributed by atoms with Crippen LogP contribution >= 0.6 is 0 Å². The van der Waals surface area contributed by atoms with E-state index in [1.165, 1.54) is 25.1 Å². The summed E-state index contributed by atoms with van der Waals surface area (Å²) in [5, 5.41) is 6.91. The molecule has 1 aromatic carbocycles. The van der Waals surface area contributed by atoms with E-state index in [0.29, 0.717) is 18.4 Å². The van der Waals surface area contributed by atoms with Crippen LogP contribution in [-0.2, 0) is 16.1 Å². The Bertz CT molecular complexity index is 665. The largest absolute Gasteiger partial charge is 0.379 e. The average molecular weight is 429 g/mol. The molecule has 31 heavy (non-hydrogen) atoms. The molecule has 1 amide bonds. The van der Waals surface area contributed by atoms with Crippen molar-refractivity contribution in [1.82, 2.24) is 20.4 Å². The molecule has 3 atom stereocenters. The number of rotatable bonds is 10. The first-order valence-electron chi connectivity index (χ1n) is 12.3. The SMILES string of the molecule is O=C(CCC[C@H]1NC[C@@H]2C[C@H]1CN(Cc1ccccc1)C2)NCCCN1CCOCC1. The van der Waals surface area contributed by atoms with E-state index in [9.17, 15) is 4.79 Å². The van der Waals surface area contributed by atoms with E-state index >= 15 is 0 Å². The second kappa shape index (κ2) is 12.0. The molecule has 6 heteroatoms. The highest BCUT2D eigenvalue weighted by atomic mass is 16.5. The van der Waals surface area contributed by atoms with Crippen molar-refractivity contribution in [1.29, 1.82) is 0 Å². The number of carbonyl (C=O) groups is 1. The number of nitrogens with one attached hydrogen (secondary N) is 2. The van der Waals surface area contributed by atoms with Gasteiger partial charge in [0, 0.05) is 51.7 Å². The Kier molecular flexibility index (Phi) is 8.76. The monoisotopic (exact) mass is 428 g/mol. The topological polar surface area (TPSA) is 56.8 Å². The van der Waals surface area contributed by atoms with Crippen molar-refractivity contribution in [3.63, 3.8) is 0 Å². The average Bonchev–Trinajstić information content (AvgIpc) is 2.80. The first-order chi connectivity index (χ1) is 15.3. The van der Waals surface area contributed by atoms with Crippen molar-refractivity contribution >= 4 is 5.91 Å². The van der Waals surface area contributed by atoms with E-state index in [1.807, 2.05) is 0 Å². The molecule has 172 valence electrons. The molecule has 3 aliphatic rings. The predicted octanol–water partition coefficient (Wildman–Crippen LogP) is 2.11. The minimum Gasteiger partial charge on any atom is -0.379 e. The normalized spacial score (nSPS) is 27.2. The van der Waals surface area contributed by atoms with Gasteiger partial charge in [0.2, 0.25) is 5.91 Å². The van der Waals surface area contributed by atoms with Crippen molar-refractivity contribution in [2.75, 3.05) is 59.0 Å². The highest BCUT2D eigenvalue weighted by molar-refractivity contribution is 5.75. The van der Waals surface area contributed by atoms with E-state index in [-0.39, 0.29) is 5.91 Å². The Morgan fingerprint density at radius 1 is 1.10 bits per heavy atom. The van der Waals surface area contributed by atoms with E-state index in [4.69, 9.17) is 4.74 Å². The van der Waals surface area contributed by atoms with Crippen LogP contribution in [0.2, 0.25) is 0 Å². The number of morpholine rings is 1. The van der Waals surface area contributed by atoms with Crippen LogP contribution in [-0.4, -0.2) is 80.8 Å². The van der Waals surface area contributed by atoms with Crippen molar-refractivity contribution < 1.29 is 9.53 Å². The highest BCUT2D eigenvalue weighted by Gasteiger charge is 2.36. The lowest BCUT2D eigenvalue weighted by molar-refractivity contribution is -0.121. The minimum atomic E-state index is 0.213. The number of amides is 1. The van der Waals surface area contributed by atoms with Crippen LogP contribution in [0, 0.1) is 11.8 Å². The standard InChI is InChI=1S/C25H40N4O2/c30-25(26-10-5-11-28-12-14-31-15-13-28)9-4-8-24-23-16-22(17-27-24)19-29(20-23)18-21-6-2-1-3-7-21/h1-3,6-7,22-24,27H,4-5,8-20H2,(H,26,30)/t22-,23-,24+/m0/s1. The number of fused-ring (bicyclic) bond motifs is 2. The van der Waals surface area contributed by atoms with E-state index < -0.39 is 0 Å². The van der Waals surface area contributed by atoms with Crippen LogP contribution in [0.4, 0.5) is 0 Å².